The van der Waals surface area contributed by atoms with Crippen LogP contribution in [0.15, 0.2) is 35.9 Å². The molecule has 1 aliphatic rings. The summed E-state index contributed by atoms with van der Waals surface area (Å²) in [5, 5.41) is 13.7. The zero-order chi connectivity index (χ0) is 29.6. The van der Waals surface area contributed by atoms with E-state index in [2.05, 4.69) is 47.8 Å². The van der Waals surface area contributed by atoms with E-state index in [9.17, 15) is 19.5 Å². The Kier molecular flexibility index (Phi) is 8.42. The maximum Gasteiger partial charge on any atom is 0.331 e. The summed E-state index contributed by atoms with van der Waals surface area (Å²) in [6.07, 6.45) is 1.62. The minimum Gasteiger partial charge on any atom is -0.478 e. The molecule has 8 heteroatoms. The molecule has 1 aliphatic heterocycles. The Hall–Kier alpha value is -3.13. The fourth-order valence-corrected chi connectivity index (χ4v) is 6.19. The molecule has 0 saturated heterocycles. The molecule has 0 spiro atoms. The number of rotatable bonds is 7. The van der Waals surface area contributed by atoms with Crippen LogP contribution in [0.2, 0.25) is 0 Å². The number of benzene rings is 1. The monoisotopic (exact) mass is 538 g/mol. The second-order valence-electron chi connectivity index (χ2n) is 13.1. The smallest absolute Gasteiger partial charge is 0.331 e. The molecule has 39 heavy (non-hydrogen) atoms. The summed E-state index contributed by atoms with van der Waals surface area (Å²) >= 11 is 0. The van der Waals surface area contributed by atoms with E-state index in [0.29, 0.717) is 6.54 Å². The van der Waals surface area contributed by atoms with Crippen LogP contribution in [-0.4, -0.2) is 69.5 Å². The lowest BCUT2D eigenvalue weighted by molar-refractivity contribution is -0.142. The fourth-order valence-electron chi connectivity index (χ4n) is 6.19. The van der Waals surface area contributed by atoms with Crippen LogP contribution in [0.5, 0.6) is 0 Å². The van der Waals surface area contributed by atoms with E-state index in [-0.39, 0.29) is 23.3 Å². The maximum atomic E-state index is 14.1. The number of amides is 2. The average molecular weight is 539 g/mol. The van der Waals surface area contributed by atoms with Crippen molar-refractivity contribution >= 4 is 28.7 Å². The first kappa shape index (κ1) is 30.4. The summed E-state index contributed by atoms with van der Waals surface area (Å²) < 4.78 is 2.21. The second-order valence-corrected chi connectivity index (χ2v) is 13.1. The van der Waals surface area contributed by atoms with Crippen molar-refractivity contribution in [3.8, 4) is 0 Å². The Morgan fingerprint density at radius 2 is 1.74 bits per heavy atom. The minimum atomic E-state index is -1.02. The number of aryl methyl sites for hydroxylation is 1. The predicted molar refractivity (Wildman–Crippen MR) is 155 cm³/mol. The predicted octanol–water partition coefficient (Wildman–Crippen LogP) is 4.31. The van der Waals surface area contributed by atoms with Gasteiger partial charge < -0.3 is 19.9 Å². The van der Waals surface area contributed by atoms with Crippen molar-refractivity contribution in [1.29, 1.82) is 0 Å². The van der Waals surface area contributed by atoms with E-state index in [1.807, 2.05) is 53.8 Å². The molecule has 1 aromatic heterocycles. The summed E-state index contributed by atoms with van der Waals surface area (Å²) in [7, 11) is 5.71. The summed E-state index contributed by atoms with van der Waals surface area (Å²) in [4.78, 5) is 43.2. The first-order valence-electron chi connectivity index (χ1n) is 13.7. The lowest BCUT2D eigenvalue weighted by Crippen LogP contribution is -2.63. The van der Waals surface area contributed by atoms with Crippen molar-refractivity contribution in [3.05, 3.63) is 47.2 Å². The number of carbonyl (C=O) groups is 3. The lowest BCUT2D eigenvalue weighted by Gasteiger charge is -2.45. The van der Waals surface area contributed by atoms with Crippen molar-refractivity contribution in [3.63, 3.8) is 0 Å². The van der Waals surface area contributed by atoms with Gasteiger partial charge in [0.1, 0.15) is 6.04 Å². The highest BCUT2D eigenvalue weighted by molar-refractivity contribution is 5.94. The summed E-state index contributed by atoms with van der Waals surface area (Å²) in [5.74, 6) is -1.47. The van der Waals surface area contributed by atoms with E-state index in [1.165, 1.54) is 18.2 Å². The highest BCUT2D eigenvalue weighted by Gasteiger charge is 2.48. The zero-order valence-corrected chi connectivity index (χ0v) is 25.4. The van der Waals surface area contributed by atoms with Gasteiger partial charge in [-0.1, -0.05) is 72.7 Å². The van der Waals surface area contributed by atoms with Crippen LogP contribution < -0.4 is 5.32 Å². The maximum absolute atomic E-state index is 14.1. The van der Waals surface area contributed by atoms with Crippen LogP contribution in [0.25, 0.3) is 10.9 Å². The zero-order valence-electron chi connectivity index (χ0n) is 25.4. The normalized spacial score (nSPS) is 19.5. The number of nitrogens with one attached hydrogen (secondary N) is 1. The molecule has 0 saturated carbocycles. The van der Waals surface area contributed by atoms with E-state index in [1.54, 1.807) is 18.0 Å². The molecule has 2 amide bonds. The van der Waals surface area contributed by atoms with Crippen molar-refractivity contribution in [1.82, 2.24) is 19.7 Å². The van der Waals surface area contributed by atoms with Crippen LogP contribution in [0.4, 0.5) is 0 Å². The van der Waals surface area contributed by atoms with Gasteiger partial charge in [0, 0.05) is 48.2 Å². The molecule has 0 fully saturated rings. The van der Waals surface area contributed by atoms with Crippen molar-refractivity contribution in [2.75, 3.05) is 14.1 Å². The highest BCUT2D eigenvalue weighted by atomic mass is 16.4. The Morgan fingerprint density at radius 1 is 1.15 bits per heavy atom. The number of aromatic nitrogens is 1. The molecule has 2 N–H and O–H groups in total. The van der Waals surface area contributed by atoms with Crippen LogP contribution in [0.3, 0.4) is 0 Å². The van der Waals surface area contributed by atoms with Crippen LogP contribution in [-0.2, 0) is 33.4 Å². The number of aliphatic carboxylic acids is 1. The highest BCUT2D eigenvalue weighted by Crippen LogP contribution is 2.43. The van der Waals surface area contributed by atoms with Gasteiger partial charge in [0.05, 0.1) is 12.1 Å². The molecule has 8 nitrogen and oxygen atoms in total. The van der Waals surface area contributed by atoms with Gasteiger partial charge in [-0.3, -0.25) is 14.5 Å². The number of fused-ring (bicyclic) bond motifs is 3. The number of hydrogen-bond acceptors (Lipinski definition) is 4. The lowest BCUT2D eigenvalue weighted by atomic mass is 9.72. The molecular weight excluding hydrogens is 492 g/mol. The van der Waals surface area contributed by atoms with Crippen LogP contribution in [0.1, 0.15) is 66.6 Å². The number of carbonyl (C=O) groups excluding carboxylic acids is 2. The molecule has 2 aromatic rings. The number of nitrogens with zero attached hydrogens (tertiary/aromatic N) is 3. The molecule has 1 aromatic carbocycles. The first-order valence-corrected chi connectivity index (χ1v) is 13.7. The van der Waals surface area contributed by atoms with Crippen LogP contribution >= 0.6 is 0 Å². The molecule has 3 rings (SSSR count). The van der Waals surface area contributed by atoms with Gasteiger partial charge in [0.15, 0.2) is 0 Å². The Balaban J connectivity index is 1.98. The van der Waals surface area contributed by atoms with Crippen molar-refractivity contribution < 1.29 is 19.5 Å². The SMILES string of the molecule is CC(=C[C@@H](C(C)C)N(C)C(=O)[C@@H](NC(=O)C1N(C)Cc2c(c3ccccc3n2C)C1(C)C)C(C)(C)C)C(=O)O. The minimum absolute atomic E-state index is 0.0160. The molecule has 0 aliphatic carbocycles. The van der Waals surface area contributed by atoms with Gasteiger partial charge in [-0.2, -0.15) is 0 Å². The van der Waals surface area contributed by atoms with Gasteiger partial charge in [-0.25, -0.2) is 4.79 Å². The Bertz CT molecular complexity index is 1300. The van der Waals surface area contributed by atoms with Gasteiger partial charge in [0.25, 0.3) is 0 Å². The van der Waals surface area contributed by atoms with Crippen molar-refractivity contribution in [2.24, 2.45) is 18.4 Å². The number of carboxylic acid groups (broad SMARTS) is 1. The number of hydrogen-bond donors (Lipinski definition) is 2. The summed E-state index contributed by atoms with van der Waals surface area (Å²) in [5.41, 5.74) is 2.59. The number of carboxylic acids is 1. The third kappa shape index (κ3) is 5.62. The standard InChI is InChI=1S/C31H46N4O4/c1-18(2)22(16-19(3)29(38)39)35(11)28(37)25(30(4,5)6)32-27(36)26-31(7,8)24-20-14-12-13-15-21(20)34(10)23(24)17-33(26)9/h12-16,18,22,25-26H,17H2,1-11H3,(H,32,36)(H,38,39)/t22-,25+,26?/m0/s1. The molecule has 0 bridgehead atoms. The first-order chi connectivity index (χ1) is 17.9. The molecule has 1 unspecified atom stereocenters. The molecule has 214 valence electrons. The molecule has 0 radical (unpaired) electrons. The van der Waals surface area contributed by atoms with E-state index < -0.39 is 34.9 Å². The Labute approximate surface area is 233 Å². The molecular formula is C31H46N4O4. The second kappa shape index (κ2) is 10.8. The quantitative estimate of drug-likeness (QED) is 0.512. The van der Waals surface area contributed by atoms with Gasteiger partial charge in [-0.15, -0.1) is 0 Å². The van der Waals surface area contributed by atoms with E-state index >= 15 is 0 Å². The largest absolute Gasteiger partial charge is 0.478 e. The summed E-state index contributed by atoms with van der Waals surface area (Å²) in [6, 6.07) is 6.56. The third-order valence-corrected chi connectivity index (χ3v) is 8.28. The van der Waals surface area contributed by atoms with Gasteiger partial charge in [0.2, 0.25) is 11.8 Å². The van der Waals surface area contributed by atoms with Crippen molar-refractivity contribution in [2.45, 2.75) is 85.5 Å². The van der Waals surface area contributed by atoms with Crippen LogP contribution in [0, 0.1) is 11.3 Å². The number of para-hydroxylation sites is 1. The van der Waals surface area contributed by atoms with E-state index in [0.717, 1.165) is 10.9 Å². The average Bonchev–Trinajstić information content (AvgIpc) is 3.11. The third-order valence-electron chi connectivity index (χ3n) is 8.28. The van der Waals surface area contributed by atoms with E-state index in [4.69, 9.17) is 0 Å². The summed E-state index contributed by atoms with van der Waals surface area (Å²) in [6.45, 7) is 16.1. The van der Waals surface area contributed by atoms with Gasteiger partial charge in [-0.05, 0) is 36.9 Å². The van der Waals surface area contributed by atoms with Gasteiger partial charge >= 0.3 is 5.97 Å². The molecule has 3 atom stereocenters. The molecule has 2 heterocycles. The topological polar surface area (TPSA) is 94.9 Å². The Morgan fingerprint density at radius 3 is 2.28 bits per heavy atom. The number of likely N-dealkylation sites (N-methyl/N-ethyl adjacent to an activating group) is 2. The fraction of sp³-hybridized carbons (Fsp3) is 0.581.